The van der Waals surface area contributed by atoms with Crippen LogP contribution in [0.2, 0.25) is 0 Å². The minimum absolute atomic E-state index is 0.453. The van der Waals surface area contributed by atoms with E-state index in [1.54, 1.807) is 11.8 Å². The lowest BCUT2D eigenvalue weighted by Crippen LogP contribution is -2.06. The van der Waals surface area contributed by atoms with Crippen molar-refractivity contribution in [1.29, 1.82) is 0 Å². The average molecular weight is 303 g/mol. The number of rotatable bonds is 8. The quantitative estimate of drug-likeness (QED) is 0.594. The Kier molecular flexibility index (Phi) is 6.50. The maximum Gasteiger partial charge on any atom is 0.157 e. The first-order valence-corrected chi connectivity index (χ1v) is 8.16. The van der Waals surface area contributed by atoms with Gasteiger partial charge in [0.1, 0.15) is 17.5 Å². The molecule has 5 heteroatoms. The summed E-state index contributed by atoms with van der Waals surface area (Å²) < 4.78 is 5.41. The predicted molar refractivity (Wildman–Crippen MR) is 87.5 cm³/mol. The van der Waals surface area contributed by atoms with Gasteiger partial charge >= 0.3 is 0 Å². The van der Waals surface area contributed by atoms with Gasteiger partial charge in [-0.05, 0) is 19.4 Å². The van der Waals surface area contributed by atoms with E-state index in [0.717, 1.165) is 29.0 Å². The van der Waals surface area contributed by atoms with E-state index in [1.807, 2.05) is 19.1 Å². The van der Waals surface area contributed by atoms with Crippen LogP contribution < -0.4 is 5.32 Å². The van der Waals surface area contributed by atoms with Crippen molar-refractivity contribution < 1.29 is 4.74 Å². The molecule has 0 bridgehead atoms. The molecule has 2 rings (SSSR count). The Morgan fingerprint density at radius 1 is 1.14 bits per heavy atom. The number of aromatic nitrogens is 2. The molecule has 1 heterocycles. The number of anilines is 1. The lowest BCUT2D eigenvalue weighted by Gasteiger charge is -2.09. The zero-order chi connectivity index (χ0) is 14.9. The first-order chi connectivity index (χ1) is 10.3. The molecule has 0 saturated carbocycles. The molecule has 1 N–H and O–H groups in total. The van der Waals surface area contributed by atoms with Crippen LogP contribution in [0.5, 0.6) is 0 Å². The summed E-state index contributed by atoms with van der Waals surface area (Å²) >= 11 is 1.71. The van der Waals surface area contributed by atoms with E-state index in [9.17, 15) is 0 Å². The van der Waals surface area contributed by atoms with Gasteiger partial charge in [0.05, 0.1) is 0 Å². The van der Waals surface area contributed by atoms with E-state index in [4.69, 9.17) is 4.74 Å². The molecule has 0 radical (unpaired) electrons. The molecule has 0 fully saturated rings. The molecular weight excluding hydrogens is 282 g/mol. The highest BCUT2D eigenvalue weighted by Crippen LogP contribution is 2.23. The maximum absolute atomic E-state index is 5.41. The van der Waals surface area contributed by atoms with E-state index in [0.29, 0.717) is 13.2 Å². The van der Waals surface area contributed by atoms with Crippen molar-refractivity contribution in [2.75, 3.05) is 18.5 Å². The van der Waals surface area contributed by atoms with Crippen molar-refractivity contribution in [2.24, 2.45) is 0 Å². The molecule has 0 aliphatic carbocycles. The van der Waals surface area contributed by atoms with Crippen LogP contribution in [0.15, 0.2) is 41.4 Å². The summed E-state index contributed by atoms with van der Waals surface area (Å²) in [5.41, 5.74) is 1.29. The van der Waals surface area contributed by atoms with Crippen LogP contribution in [0.1, 0.15) is 25.2 Å². The third-order valence-electron chi connectivity index (χ3n) is 2.77. The molecule has 21 heavy (non-hydrogen) atoms. The highest BCUT2D eigenvalue weighted by Gasteiger charge is 2.05. The van der Waals surface area contributed by atoms with E-state index < -0.39 is 0 Å². The highest BCUT2D eigenvalue weighted by molar-refractivity contribution is 7.98. The van der Waals surface area contributed by atoms with Gasteiger partial charge in [0.25, 0.3) is 0 Å². The van der Waals surface area contributed by atoms with Crippen molar-refractivity contribution in [2.45, 2.75) is 31.2 Å². The van der Waals surface area contributed by atoms with Crippen molar-refractivity contribution in [3.63, 3.8) is 0 Å². The van der Waals surface area contributed by atoms with Gasteiger partial charge < -0.3 is 10.1 Å². The summed E-state index contributed by atoms with van der Waals surface area (Å²) in [7, 11) is 0. The van der Waals surface area contributed by atoms with E-state index in [-0.39, 0.29) is 0 Å². The lowest BCUT2D eigenvalue weighted by molar-refractivity contribution is 0.128. The molecular formula is C16H21N3OS. The molecule has 0 spiro atoms. The van der Waals surface area contributed by atoms with Gasteiger partial charge in [-0.1, -0.05) is 30.3 Å². The number of ether oxygens (including phenoxy) is 1. The second-order valence-electron chi connectivity index (χ2n) is 4.45. The molecule has 0 amide bonds. The van der Waals surface area contributed by atoms with E-state index in [1.165, 1.54) is 5.56 Å². The fourth-order valence-corrected chi connectivity index (χ4v) is 2.68. The largest absolute Gasteiger partial charge is 0.374 e. The molecule has 0 aliphatic heterocycles. The Morgan fingerprint density at radius 3 is 2.67 bits per heavy atom. The summed E-state index contributed by atoms with van der Waals surface area (Å²) in [5.74, 6) is 2.49. The van der Waals surface area contributed by atoms with Crippen LogP contribution in [0.4, 0.5) is 5.82 Å². The third kappa shape index (κ3) is 5.36. The molecule has 0 atom stereocenters. The Balaban J connectivity index is 2.07. The van der Waals surface area contributed by atoms with Gasteiger partial charge in [0.15, 0.2) is 5.82 Å². The van der Waals surface area contributed by atoms with Crippen molar-refractivity contribution in [3.8, 4) is 0 Å². The molecule has 0 unspecified atom stereocenters. The van der Waals surface area contributed by atoms with Gasteiger partial charge in [-0.2, -0.15) is 0 Å². The molecule has 4 nitrogen and oxygen atoms in total. The zero-order valence-electron chi connectivity index (χ0n) is 12.5. The van der Waals surface area contributed by atoms with Gasteiger partial charge in [0, 0.05) is 25.0 Å². The third-order valence-corrected chi connectivity index (χ3v) is 3.75. The fourth-order valence-electron chi connectivity index (χ4n) is 1.81. The normalized spacial score (nSPS) is 10.6. The van der Waals surface area contributed by atoms with Crippen LogP contribution in [-0.2, 0) is 17.1 Å². The van der Waals surface area contributed by atoms with Crippen molar-refractivity contribution in [3.05, 3.63) is 47.8 Å². The summed E-state index contributed by atoms with van der Waals surface area (Å²) in [6, 6.07) is 12.4. The molecule has 1 aromatic heterocycles. The Hall–Kier alpha value is -1.59. The first-order valence-electron chi connectivity index (χ1n) is 7.18. The van der Waals surface area contributed by atoms with Gasteiger partial charge in [-0.25, -0.2) is 9.97 Å². The minimum Gasteiger partial charge on any atom is -0.374 e. The predicted octanol–water partition coefficient (Wildman–Crippen LogP) is 3.74. The summed E-state index contributed by atoms with van der Waals surface area (Å²) in [6.07, 6.45) is 0. The number of thioether (sulfide) groups is 1. The fraction of sp³-hybridized carbons (Fsp3) is 0.375. The number of nitrogens with one attached hydrogen (secondary N) is 1. The minimum atomic E-state index is 0.453. The van der Waals surface area contributed by atoms with E-state index >= 15 is 0 Å². The summed E-state index contributed by atoms with van der Waals surface area (Å²) in [4.78, 5) is 9.01. The number of hydrogen-bond acceptors (Lipinski definition) is 5. The molecule has 1 aromatic carbocycles. The van der Waals surface area contributed by atoms with Gasteiger partial charge in [0.2, 0.25) is 0 Å². The van der Waals surface area contributed by atoms with Crippen LogP contribution >= 0.6 is 11.8 Å². The Morgan fingerprint density at radius 2 is 1.95 bits per heavy atom. The van der Waals surface area contributed by atoms with E-state index in [2.05, 4.69) is 46.5 Å². The number of nitrogens with zero attached hydrogens (tertiary/aromatic N) is 2. The van der Waals surface area contributed by atoms with Gasteiger partial charge in [-0.15, -0.1) is 11.8 Å². The topological polar surface area (TPSA) is 47.0 Å². The van der Waals surface area contributed by atoms with Crippen molar-refractivity contribution in [1.82, 2.24) is 9.97 Å². The smallest absolute Gasteiger partial charge is 0.157 e. The molecule has 112 valence electrons. The SMILES string of the molecule is CCNc1cc(SCc2ccccc2)nc(COCC)n1. The average Bonchev–Trinajstić information content (AvgIpc) is 2.52. The molecule has 0 saturated heterocycles. The van der Waals surface area contributed by atoms with Crippen LogP contribution in [0, 0.1) is 0 Å². The Labute approximate surface area is 130 Å². The standard InChI is InChI=1S/C16H21N3OS/c1-3-17-14-10-16(19-15(18-14)11-20-4-2)21-12-13-8-6-5-7-9-13/h5-10H,3-4,11-12H2,1-2H3,(H,17,18,19). The number of benzene rings is 1. The number of hydrogen-bond donors (Lipinski definition) is 1. The van der Waals surface area contributed by atoms with Gasteiger partial charge in [-0.3, -0.25) is 0 Å². The van der Waals surface area contributed by atoms with Crippen LogP contribution in [-0.4, -0.2) is 23.1 Å². The molecule has 0 aliphatic rings. The second kappa shape index (κ2) is 8.64. The lowest BCUT2D eigenvalue weighted by atomic mass is 10.2. The first kappa shape index (κ1) is 15.8. The van der Waals surface area contributed by atoms with Crippen LogP contribution in [0.25, 0.3) is 0 Å². The van der Waals surface area contributed by atoms with Crippen molar-refractivity contribution >= 4 is 17.6 Å². The zero-order valence-corrected chi connectivity index (χ0v) is 13.3. The summed E-state index contributed by atoms with van der Waals surface area (Å²) in [6.45, 7) is 5.99. The maximum atomic E-state index is 5.41. The highest BCUT2D eigenvalue weighted by atomic mass is 32.2. The monoisotopic (exact) mass is 303 g/mol. The van der Waals surface area contributed by atoms with Crippen LogP contribution in [0.3, 0.4) is 0 Å². The Bertz CT molecular complexity index is 548. The second-order valence-corrected chi connectivity index (χ2v) is 5.45. The summed E-state index contributed by atoms with van der Waals surface area (Å²) in [5, 5.41) is 4.21. The molecule has 2 aromatic rings.